The summed E-state index contributed by atoms with van der Waals surface area (Å²) in [7, 11) is 0. The van der Waals surface area contributed by atoms with Gasteiger partial charge in [0.1, 0.15) is 6.23 Å². The van der Waals surface area contributed by atoms with Gasteiger partial charge in [0, 0.05) is 6.92 Å². The second-order valence-corrected chi connectivity index (χ2v) is 3.19. The van der Waals surface area contributed by atoms with Crippen LogP contribution in [0.4, 0.5) is 0 Å². The van der Waals surface area contributed by atoms with Gasteiger partial charge in [-0.2, -0.15) is 0 Å². The molecule has 0 radical (unpaired) electrons. The van der Waals surface area contributed by atoms with Crippen molar-refractivity contribution in [1.82, 2.24) is 5.32 Å². The average molecular weight is 201 g/mol. The first-order valence-corrected chi connectivity index (χ1v) is 4.95. The highest BCUT2D eigenvalue weighted by Crippen LogP contribution is 2.01. The van der Waals surface area contributed by atoms with Gasteiger partial charge >= 0.3 is 0 Å². The van der Waals surface area contributed by atoms with E-state index in [1.54, 1.807) is 0 Å². The first kappa shape index (κ1) is 15.6. The zero-order valence-corrected chi connectivity index (χ0v) is 9.80. The molecule has 2 atom stereocenters. The van der Waals surface area contributed by atoms with Crippen LogP contribution in [0.2, 0.25) is 0 Å². The topological polar surface area (TPSA) is 38.3 Å². The van der Waals surface area contributed by atoms with Crippen LogP contribution in [0, 0.1) is 5.92 Å². The van der Waals surface area contributed by atoms with Crippen LogP contribution in [-0.4, -0.2) is 18.7 Å². The first-order valence-electron chi connectivity index (χ1n) is 4.95. The molecule has 0 fully saturated rings. The lowest BCUT2D eigenvalue weighted by Crippen LogP contribution is -2.33. The molecule has 0 heterocycles. The molecule has 0 rings (SSSR count). The number of hydrogen-bond donors (Lipinski definition) is 1. The third-order valence-corrected chi connectivity index (χ3v) is 1.73. The summed E-state index contributed by atoms with van der Waals surface area (Å²) in [6.07, 6.45) is 0.934. The maximum Gasteiger partial charge on any atom is 0.218 e. The molecule has 0 spiro atoms. The van der Waals surface area contributed by atoms with Gasteiger partial charge < -0.3 is 10.1 Å². The van der Waals surface area contributed by atoms with Crippen LogP contribution >= 0.6 is 0 Å². The fourth-order valence-electron chi connectivity index (χ4n) is 0.754. The van der Waals surface area contributed by atoms with Gasteiger partial charge in [-0.15, -0.1) is 13.2 Å². The molecule has 0 aliphatic heterocycles. The maximum atomic E-state index is 10.6. The predicted molar refractivity (Wildman–Crippen MR) is 59.9 cm³/mol. The Morgan fingerprint density at radius 1 is 1.43 bits per heavy atom. The van der Waals surface area contributed by atoms with Crippen molar-refractivity contribution in [3.05, 3.63) is 13.2 Å². The normalized spacial score (nSPS) is 13.4. The summed E-state index contributed by atoms with van der Waals surface area (Å²) < 4.78 is 5.37. The van der Waals surface area contributed by atoms with E-state index in [0.29, 0.717) is 12.5 Å². The maximum absolute atomic E-state index is 10.6. The molecule has 1 N–H and O–H groups in total. The number of amides is 1. The summed E-state index contributed by atoms with van der Waals surface area (Å²) in [4.78, 5) is 10.6. The van der Waals surface area contributed by atoms with Crippen LogP contribution in [0.15, 0.2) is 13.2 Å². The number of carbonyl (C=O) groups is 1. The molecule has 0 saturated heterocycles. The van der Waals surface area contributed by atoms with E-state index in [-0.39, 0.29) is 12.1 Å². The molecule has 0 bridgehead atoms. The largest absolute Gasteiger partial charge is 0.359 e. The van der Waals surface area contributed by atoms with Gasteiger partial charge in [0.15, 0.2) is 0 Å². The second kappa shape index (κ2) is 10.3. The van der Waals surface area contributed by atoms with Gasteiger partial charge in [0.05, 0.1) is 6.61 Å². The molecular weight excluding hydrogens is 178 g/mol. The summed E-state index contributed by atoms with van der Waals surface area (Å²) in [5, 5.41) is 2.66. The Morgan fingerprint density at radius 3 is 2.29 bits per heavy atom. The summed E-state index contributed by atoms with van der Waals surface area (Å²) in [6, 6.07) is 0. The summed E-state index contributed by atoms with van der Waals surface area (Å²) >= 11 is 0. The zero-order chi connectivity index (χ0) is 11.6. The van der Waals surface area contributed by atoms with Crippen LogP contribution in [0.1, 0.15) is 34.1 Å². The van der Waals surface area contributed by atoms with E-state index in [2.05, 4.69) is 32.3 Å². The van der Waals surface area contributed by atoms with Gasteiger partial charge in [-0.1, -0.05) is 20.3 Å². The van der Waals surface area contributed by atoms with E-state index >= 15 is 0 Å². The number of ether oxygens (including phenoxy) is 1. The second-order valence-electron chi connectivity index (χ2n) is 3.19. The van der Waals surface area contributed by atoms with Gasteiger partial charge in [-0.3, -0.25) is 4.79 Å². The van der Waals surface area contributed by atoms with Gasteiger partial charge in [0.25, 0.3) is 0 Å². The smallest absolute Gasteiger partial charge is 0.218 e. The van der Waals surface area contributed by atoms with Crippen molar-refractivity contribution in [2.75, 3.05) is 6.61 Å². The standard InChI is InChI=1S/C9H19NO2.C2H4/c1-5-7(2)6-12-9(4)10-8(3)11;1-2/h7,9H,5-6H2,1-4H3,(H,10,11);1-2H2. The minimum atomic E-state index is -0.170. The van der Waals surface area contributed by atoms with Crippen molar-refractivity contribution < 1.29 is 9.53 Å². The van der Waals surface area contributed by atoms with Gasteiger partial charge in [-0.05, 0) is 12.8 Å². The number of rotatable bonds is 5. The van der Waals surface area contributed by atoms with E-state index in [4.69, 9.17) is 4.74 Å². The molecule has 0 aliphatic carbocycles. The highest BCUT2D eigenvalue weighted by atomic mass is 16.5. The Kier molecular flexibility index (Phi) is 11.4. The SMILES string of the molecule is C=C.CCC(C)COC(C)NC(C)=O. The van der Waals surface area contributed by atoms with E-state index in [0.717, 1.165) is 6.42 Å². The van der Waals surface area contributed by atoms with Gasteiger partial charge in [0.2, 0.25) is 5.91 Å². The Hall–Kier alpha value is -0.830. The quantitative estimate of drug-likeness (QED) is 0.547. The lowest BCUT2D eigenvalue weighted by molar-refractivity contribution is -0.123. The number of nitrogens with one attached hydrogen (secondary N) is 1. The molecule has 3 nitrogen and oxygen atoms in total. The molecule has 84 valence electrons. The third-order valence-electron chi connectivity index (χ3n) is 1.73. The Balaban J connectivity index is 0. The fraction of sp³-hybridized carbons (Fsp3) is 0.727. The highest BCUT2D eigenvalue weighted by Gasteiger charge is 2.05. The summed E-state index contributed by atoms with van der Waals surface area (Å²) in [5.41, 5.74) is 0. The third kappa shape index (κ3) is 11.2. The summed E-state index contributed by atoms with van der Waals surface area (Å²) in [6.45, 7) is 14.3. The van der Waals surface area contributed by atoms with Crippen molar-refractivity contribution in [3.8, 4) is 0 Å². The van der Waals surface area contributed by atoms with Crippen molar-refractivity contribution in [1.29, 1.82) is 0 Å². The Bertz CT molecular complexity index is 148. The van der Waals surface area contributed by atoms with Crippen LogP contribution in [0.5, 0.6) is 0 Å². The molecule has 0 aromatic heterocycles. The van der Waals surface area contributed by atoms with E-state index < -0.39 is 0 Å². The van der Waals surface area contributed by atoms with Crippen LogP contribution in [-0.2, 0) is 9.53 Å². The van der Waals surface area contributed by atoms with Crippen molar-refractivity contribution in [3.63, 3.8) is 0 Å². The zero-order valence-electron chi connectivity index (χ0n) is 9.80. The molecule has 3 heteroatoms. The molecule has 1 amide bonds. The Morgan fingerprint density at radius 2 is 1.93 bits per heavy atom. The minimum Gasteiger partial charge on any atom is -0.359 e. The summed E-state index contributed by atoms with van der Waals surface area (Å²) in [5.74, 6) is 0.507. The van der Waals surface area contributed by atoms with Crippen molar-refractivity contribution in [2.45, 2.75) is 40.3 Å². The molecule has 14 heavy (non-hydrogen) atoms. The molecule has 2 unspecified atom stereocenters. The Labute approximate surface area is 87.5 Å². The molecule has 0 aromatic carbocycles. The lowest BCUT2D eigenvalue weighted by Gasteiger charge is -2.16. The minimum absolute atomic E-state index is 0.0494. The molecular formula is C11H23NO2. The lowest BCUT2D eigenvalue weighted by atomic mass is 10.1. The number of hydrogen-bond acceptors (Lipinski definition) is 2. The van der Waals surface area contributed by atoms with Gasteiger partial charge in [-0.25, -0.2) is 0 Å². The monoisotopic (exact) mass is 201 g/mol. The fourth-order valence-corrected chi connectivity index (χ4v) is 0.754. The van der Waals surface area contributed by atoms with Crippen molar-refractivity contribution >= 4 is 5.91 Å². The van der Waals surface area contributed by atoms with Crippen LogP contribution in [0.3, 0.4) is 0 Å². The van der Waals surface area contributed by atoms with E-state index in [1.807, 2.05) is 6.92 Å². The molecule has 0 saturated carbocycles. The molecule has 0 aromatic rings. The van der Waals surface area contributed by atoms with Crippen molar-refractivity contribution in [2.24, 2.45) is 5.92 Å². The average Bonchev–Trinajstić information content (AvgIpc) is 2.16. The first-order chi connectivity index (χ1) is 6.56. The van der Waals surface area contributed by atoms with E-state index in [9.17, 15) is 4.79 Å². The number of carbonyl (C=O) groups excluding carboxylic acids is 1. The highest BCUT2D eigenvalue weighted by molar-refractivity contribution is 5.72. The van der Waals surface area contributed by atoms with Crippen LogP contribution < -0.4 is 5.32 Å². The molecule has 0 aliphatic rings. The van der Waals surface area contributed by atoms with E-state index in [1.165, 1.54) is 6.92 Å². The van der Waals surface area contributed by atoms with Crippen LogP contribution in [0.25, 0.3) is 0 Å². The predicted octanol–water partition coefficient (Wildman–Crippen LogP) is 2.33.